The standard InChI is InChI=1S/C19H17Cl2N3O/c1-25-16-9-7-15(8-10-16)13-24(12-14-5-3-2-4-6-14)18-11-17(20)22-19(21)23-18/h2-11H,12-13H2,1H3. The van der Waals surface area contributed by atoms with Crippen molar-refractivity contribution in [1.29, 1.82) is 0 Å². The Bertz CT molecular complexity index is 806. The largest absolute Gasteiger partial charge is 0.497 e. The highest BCUT2D eigenvalue weighted by atomic mass is 35.5. The molecule has 0 aliphatic heterocycles. The van der Waals surface area contributed by atoms with Crippen molar-refractivity contribution in [2.45, 2.75) is 13.1 Å². The van der Waals surface area contributed by atoms with E-state index < -0.39 is 0 Å². The van der Waals surface area contributed by atoms with Crippen molar-refractivity contribution >= 4 is 29.0 Å². The number of halogens is 2. The zero-order valence-electron chi connectivity index (χ0n) is 13.7. The average molecular weight is 374 g/mol. The van der Waals surface area contributed by atoms with Gasteiger partial charge in [0.2, 0.25) is 5.28 Å². The molecule has 0 aliphatic rings. The van der Waals surface area contributed by atoms with Crippen LogP contribution in [0.1, 0.15) is 11.1 Å². The molecule has 0 unspecified atom stereocenters. The van der Waals surface area contributed by atoms with Gasteiger partial charge in [0.1, 0.15) is 16.7 Å². The van der Waals surface area contributed by atoms with Gasteiger partial charge >= 0.3 is 0 Å². The van der Waals surface area contributed by atoms with E-state index >= 15 is 0 Å². The topological polar surface area (TPSA) is 38.2 Å². The summed E-state index contributed by atoms with van der Waals surface area (Å²) in [6.07, 6.45) is 0. The van der Waals surface area contributed by atoms with E-state index in [1.807, 2.05) is 42.5 Å². The van der Waals surface area contributed by atoms with Crippen LogP contribution in [0.5, 0.6) is 5.75 Å². The van der Waals surface area contributed by atoms with E-state index in [9.17, 15) is 0 Å². The Kier molecular flexibility index (Phi) is 5.74. The molecule has 0 spiro atoms. The number of nitrogens with zero attached hydrogens (tertiary/aromatic N) is 3. The van der Waals surface area contributed by atoms with Crippen LogP contribution >= 0.6 is 23.2 Å². The van der Waals surface area contributed by atoms with Crippen molar-refractivity contribution < 1.29 is 4.74 Å². The van der Waals surface area contributed by atoms with Gasteiger partial charge in [0.15, 0.2) is 0 Å². The van der Waals surface area contributed by atoms with Gasteiger partial charge in [-0.15, -0.1) is 0 Å². The van der Waals surface area contributed by atoms with Crippen LogP contribution < -0.4 is 9.64 Å². The highest BCUT2D eigenvalue weighted by molar-refractivity contribution is 6.32. The Labute approximate surface area is 157 Å². The van der Waals surface area contributed by atoms with Gasteiger partial charge in [-0.1, -0.05) is 54.1 Å². The number of aromatic nitrogens is 2. The Hall–Kier alpha value is -2.30. The zero-order valence-corrected chi connectivity index (χ0v) is 15.2. The summed E-state index contributed by atoms with van der Waals surface area (Å²) in [5.74, 6) is 1.51. The molecule has 0 amide bonds. The van der Waals surface area contributed by atoms with Crippen LogP contribution in [0.25, 0.3) is 0 Å². The third kappa shape index (κ3) is 4.84. The molecular weight excluding hydrogens is 357 g/mol. The molecule has 4 nitrogen and oxygen atoms in total. The van der Waals surface area contributed by atoms with Crippen LogP contribution in [-0.4, -0.2) is 17.1 Å². The Balaban J connectivity index is 1.89. The van der Waals surface area contributed by atoms with Crippen LogP contribution in [0.15, 0.2) is 60.7 Å². The molecule has 2 aromatic carbocycles. The molecule has 3 rings (SSSR count). The fraction of sp³-hybridized carbons (Fsp3) is 0.158. The number of hydrogen-bond donors (Lipinski definition) is 0. The van der Waals surface area contributed by atoms with E-state index in [-0.39, 0.29) is 5.28 Å². The summed E-state index contributed by atoms with van der Waals surface area (Å²) in [4.78, 5) is 10.4. The highest BCUT2D eigenvalue weighted by Gasteiger charge is 2.12. The van der Waals surface area contributed by atoms with Crippen molar-refractivity contribution in [2.75, 3.05) is 12.0 Å². The summed E-state index contributed by atoms with van der Waals surface area (Å²) >= 11 is 12.1. The lowest BCUT2D eigenvalue weighted by molar-refractivity contribution is 0.414. The number of benzene rings is 2. The molecule has 0 fully saturated rings. The number of methoxy groups -OCH3 is 1. The monoisotopic (exact) mass is 373 g/mol. The maximum absolute atomic E-state index is 6.06. The normalized spacial score (nSPS) is 10.5. The van der Waals surface area contributed by atoms with Crippen LogP contribution in [0.3, 0.4) is 0 Å². The van der Waals surface area contributed by atoms with E-state index in [0.29, 0.717) is 24.1 Å². The second-order valence-corrected chi connectivity index (χ2v) is 6.23. The van der Waals surface area contributed by atoms with Gasteiger partial charge in [-0.2, -0.15) is 0 Å². The Morgan fingerprint density at radius 3 is 2.12 bits per heavy atom. The first-order chi connectivity index (χ1) is 12.1. The first kappa shape index (κ1) is 17.5. The predicted octanol–water partition coefficient (Wildman–Crippen LogP) is 5.00. The smallest absolute Gasteiger partial charge is 0.225 e. The predicted molar refractivity (Wildman–Crippen MR) is 101 cm³/mol. The molecule has 0 saturated carbocycles. The van der Waals surface area contributed by atoms with Gasteiger partial charge in [0.05, 0.1) is 7.11 Å². The first-order valence-electron chi connectivity index (χ1n) is 7.76. The van der Waals surface area contributed by atoms with Gasteiger partial charge in [-0.25, -0.2) is 9.97 Å². The molecular formula is C19H17Cl2N3O. The van der Waals surface area contributed by atoms with Crippen LogP contribution in [0.4, 0.5) is 5.82 Å². The van der Waals surface area contributed by atoms with Gasteiger partial charge < -0.3 is 9.64 Å². The summed E-state index contributed by atoms with van der Waals surface area (Å²) in [5, 5.41) is 0.457. The molecule has 0 aliphatic carbocycles. The quantitative estimate of drug-likeness (QED) is 0.450. The van der Waals surface area contributed by atoms with Crippen molar-refractivity contribution in [2.24, 2.45) is 0 Å². The Morgan fingerprint density at radius 1 is 0.880 bits per heavy atom. The summed E-state index contributed by atoms with van der Waals surface area (Å²) in [6, 6.07) is 19.8. The fourth-order valence-corrected chi connectivity index (χ4v) is 2.91. The number of rotatable bonds is 6. The lowest BCUT2D eigenvalue weighted by atomic mass is 10.1. The molecule has 0 bridgehead atoms. The summed E-state index contributed by atoms with van der Waals surface area (Å²) in [7, 11) is 1.65. The second-order valence-electron chi connectivity index (χ2n) is 5.51. The maximum Gasteiger partial charge on any atom is 0.225 e. The van der Waals surface area contributed by atoms with E-state index in [1.165, 1.54) is 5.56 Å². The molecule has 3 aromatic rings. The summed E-state index contributed by atoms with van der Waals surface area (Å²) in [6.45, 7) is 1.33. The van der Waals surface area contributed by atoms with Crippen LogP contribution in [0, 0.1) is 0 Å². The minimum absolute atomic E-state index is 0.135. The fourth-order valence-electron chi connectivity index (χ4n) is 2.51. The van der Waals surface area contributed by atoms with E-state index in [1.54, 1.807) is 13.2 Å². The summed E-state index contributed by atoms with van der Waals surface area (Å²) in [5.41, 5.74) is 2.30. The molecule has 0 saturated heterocycles. The van der Waals surface area contributed by atoms with Gasteiger partial charge in [-0.3, -0.25) is 0 Å². The maximum atomic E-state index is 6.06. The number of hydrogen-bond acceptors (Lipinski definition) is 4. The minimum Gasteiger partial charge on any atom is -0.497 e. The second kappa shape index (κ2) is 8.19. The molecule has 0 N–H and O–H groups in total. The molecule has 0 radical (unpaired) electrons. The average Bonchev–Trinajstić information content (AvgIpc) is 2.62. The molecule has 25 heavy (non-hydrogen) atoms. The lowest BCUT2D eigenvalue weighted by Gasteiger charge is -2.24. The van der Waals surface area contributed by atoms with Crippen LogP contribution in [-0.2, 0) is 13.1 Å². The number of ether oxygens (including phenoxy) is 1. The molecule has 1 aromatic heterocycles. The molecule has 0 atom stereocenters. The van der Waals surface area contributed by atoms with Crippen LogP contribution in [0.2, 0.25) is 10.4 Å². The SMILES string of the molecule is COc1ccc(CN(Cc2ccccc2)c2cc(Cl)nc(Cl)n2)cc1. The molecule has 128 valence electrons. The molecule has 6 heteroatoms. The van der Waals surface area contributed by atoms with Crippen molar-refractivity contribution in [3.8, 4) is 5.75 Å². The van der Waals surface area contributed by atoms with E-state index in [2.05, 4.69) is 27.0 Å². The van der Waals surface area contributed by atoms with Gasteiger partial charge in [0, 0.05) is 19.2 Å². The third-order valence-corrected chi connectivity index (χ3v) is 4.09. The van der Waals surface area contributed by atoms with E-state index in [0.717, 1.165) is 11.3 Å². The summed E-state index contributed by atoms with van der Waals surface area (Å²) < 4.78 is 5.22. The minimum atomic E-state index is 0.135. The van der Waals surface area contributed by atoms with Gasteiger partial charge in [0.25, 0.3) is 0 Å². The highest BCUT2D eigenvalue weighted by Crippen LogP contribution is 2.23. The van der Waals surface area contributed by atoms with Crippen molar-refractivity contribution in [1.82, 2.24) is 9.97 Å². The Morgan fingerprint density at radius 2 is 1.52 bits per heavy atom. The van der Waals surface area contributed by atoms with Crippen molar-refractivity contribution in [3.05, 3.63) is 82.2 Å². The first-order valence-corrected chi connectivity index (χ1v) is 8.51. The van der Waals surface area contributed by atoms with Gasteiger partial charge in [-0.05, 0) is 34.9 Å². The van der Waals surface area contributed by atoms with E-state index in [4.69, 9.17) is 27.9 Å². The lowest BCUT2D eigenvalue weighted by Crippen LogP contribution is -2.23. The zero-order chi connectivity index (χ0) is 17.6. The number of anilines is 1. The molecule has 1 heterocycles. The third-order valence-electron chi connectivity index (χ3n) is 3.73. The van der Waals surface area contributed by atoms with Crippen molar-refractivity contribution in [3.63, 3.8) is 0 Å².